The number of nitrogens with two attached hydrogens (primary N) is 1. The number of aliphatic hydroxyl groups excluding tert-OH is 1. The highest BCUT2D eigenvalue weighted by Gasteiger charge is 2.58. The van der Waals surface area contributed by atoms with Gasteiger partial charge in [0.25, 0.3) is 0 Å². The summed E-state index contributed by atoms with van der Waals surface area (Å²) in [6.07, 6.45) is -0.810. The lowest BCUT2D eigenvalue weighted by molar-refractivity contribution is -0.156. The quantitative estimate of drug-likeness (QED) is 0.558. The second-order valence-corrected chi connectivity index (χ2v) is 5.15. The summed E-state index contributed by atoms with van der Waals surface area (Å²) in [5.41, 5.74) is 5.14. The van der Waals surface area contributed by atoms with E-state index in [0.29, 0.717) is 0 Å². The minimum Gasteiger partial charge on any atom is -0.484 e. The van der Waals surface area contributed by atoms with Crippen molar-refractivity contribution >= 4 is 23.6 Å². The fourth-order valence-corrected chi connectivity index (χ4v) is 3.48. The molecule has 1 saturated heterocycles. The van der Waals surface area contributed by atoms with E-state index < -0.39 is 23.4 Å². The maximum absolute atomic E-state index is 11.8. The summed E-state index contributed by atoms with van der Waals surface area (Å²) in [5, 5.41) is 18.4. The number of ether oxygens (including phenoxy) is 1. The SMILES string of the molecule is CC(O)[C@H]1C(=O)N2C(C(=O)O)=C(OCCN)S[C@H]12. The van der Waals surface area contributed by atoms with Gasteiger partial charge in [-0.2, -0.15) is 0 Å². The molecule has 2 aliphatic heterocycles. The largest absolute Gasteiger partial charge is 0.484 e. The molecular weight excluding hydrogens is 260 g/mol. The lowest BCUT2D eigenvalue weighted by Gasteiger charge is -2.43. The number of fused-ring (bicyclic) bond motifs is 1. The zero-order valence-electron chi connectivity index (χ0n) is 9.70. The van der Waals surface area contributed by atoms with Gasteiger partial charge in [-0.05, 0) is 6.92 Å². The van der Waals surface area contributed by atoms with Crippen molar-refractivity contribution in [2.45, 2.75) is 18.4 Å². The van der Waals surface area contributed by atoms with Crippen molar-refractivity contribution in [1.82, 2.24) is 4.90 Å². The van der Waals surface area contributed by atoms with Crippen LogP contribution in [0, 0.1) is 5.92 Å². The summed E-state index contributed by atoms with van der Waals surface area (Å²) in [5.74, 6) is -2.18. The monoisotopic (exact) mass is 274 g/mol. The fourth-order valence-electron chi connectivity index (χ4n) is 2.00. The second kappa shape index (κ2) is 4.79. The van der Waals surface area contributed by atoms with Gasteiger partial charge in [-0.15, -0.1) is 0 Å². The highest BCUT2D eigenvalue weighted by molar-refractivity contribution is 8.03. The number of hydrogen-bond donors (Lipinski definition) is 3. The van der Waals surface area contributed by atoms with Gasteiger partial charge in [0.15, 0.2) is 10.8 Å². The summed E-state index contributed by atoms with van der Waals surface area (Å²) in [7, 11) is 0. The van der Waals surface area contributed by atoms with Gasteiger partial charge < -0.3 is 20.7 Å². The van der Waals surface area contributed by atoms with E-state index in [1.54, 1.807) is 0 Å². The predicted octanol–water partition coefficient (Wildman–Crippen LogP) is -0.872. The number of carboxylic acids is 1. The zero-order chi connectivity index (χ0) is 13.4. The molecule has 0 aromatic rings. The number of thioether (sulfide) groups is 1. The lowest BCUT2D eigenvalue weighted by atomic mass is 9.92. The molecule has 18 heavy (non-hydrogen) atoms. The van der Waals surface area contributed by atoms with Crippen molar-refractivity contribution in [1.29, 1.82) is 0 Å². The number of carbonyl (C=O) groups excluding carboxylic acids is 1. The molecule has 8 heteroatoms. The van der Waals surface area contributed by atoms with E-state index in [1.165, 1.54) is 6.92 Å². The number of carboxylic acid groups (broad SMARTS) is 1. The first-order chi connectivity index (χ1) is 8.49. The molecule has 1 fully saturated rings. The van der Waals surface area contributed by atoms with Crippen LogP contribution in [0.15, 0.2) is 10.8 Å². The Kier molecular flexibility index (Phi) is 3.51. The van der Waals surface area contributed by atoms with Crippen molar-refractivity contribution in [2.24, 2.45) is 11.7 Å². The van der Waals surface area contributed by atoms with Crippen molar-refractivity contribution in [3.63, 3.8) is 0 Å². The van der Waals surface area contributed by atoms with Crippen molar-refractivity contribution in [2.75, 3.05) is 13.2 Å². The Morgan fingerprint density at radius 2 is 2.33 bits per heavy atom. The molecule has 2 heterocycles. The zero-order valence-corrected chi connectivity index (χ0v) is 10.5. The molecule has 0 aromatic carbocycles. The molecule has 0 bridgehead atoms. The number of aliphatic hydroxyl groups is 1. The second-order valence-electron chi connectivity index (χ2n) is 4.06. The molecule has 2 rings (SSSR count). The van der Waals surface area contributed by atoms with Gasteiger partial charge in [-0.3, -0.25) is 9.69 Å². The van der Waals surface area contributed by atoms with Gasteiger partial charge in [-0.1, -0.05) is 11.8 Å². The molecule has 0 aliphatic carbocycles. The van der Waals surface area contributed by atoms with Crippen LogP contribution in [-0.4, -0.2) is 51.6 Å². The third-order valence-electron chi connectivity index (χ3n) is 2.82. The van der Waals surface area contributed by atoms with E-state index in [1.807, 2.05) is 0 Å². The molecule has 0 saturated carbocycles. The average molecular weight is 274 g/mol. The highest BCUT2D eigenvalue weighted by Crippen LogP contribution is 2.50. The van der Waals surface area contributed by atoms with Gasteiger partial charge in [0, 0.05) is 6.54 Å². The Balaban J connectivity index is 2.21. The van der Waals surface area contributed by atoms with E-state index in [4.69, 9.17) is 15.6 Å². The van der Waals surface area contributed by atoms with Gasteiger partial charge in [0.1, 0.15) is 12.0 Å². The Bertz CT molecular complexity index is 422. The molecule has 3 atom stereocenters. The first-order valence-electron chi connectivity index (χ1n) is 5.47. The normalized spacial score (nSPS) is 27.9. The van der Waals surface area contributed by atoms with Crippen molar-refractivity contribution < 1.29 is 24.5 Å². The summed E-state index contributed by atoms with van der Waals surface area (Å²) < 4.78 is 5.24. The Labute approximate surface area is 108 Å². The van der Waals surface area contributed by atoms with Crippen LogP contribution in [0.2, 0.25) is 0 Å². The molecular formula is C10H14N2O5S. The summed E-state index contributed by atoms with van der Waals surface area (Å²) in [6.45, 7) is 1.96. The van der Waals surface area contributed by atoms with Crippen LogP contribution in [0.1, 0.15) is 6.92 Å². The molecule has 2 aliphatic rings. The van der Waals surface area contributed by atoms with E-state index >= 15 is 0 Å². The Hall–Kier alpha value is -1.25. The van der Waals surface area contributed by atoms with Crippen LogP contribution in [0.3, 0.4) is 0 Å². The van der Waals surface area contributed by atoms with E-state index in [9.17, 15) is 14.7 Å². The number of rotatable bonds is 5. The van der Waals surface area contributed by atoms with Crippen molar-refractivity contribution in [3.8, 4) is 0 Å². The first-order valence-corrected chi connectivity index (χ1v) is 6.35. The number of amides is 1. The van der Waals surface area contributed by atoms with Crippen LogP contribution in [0.25, 0.3) is 0 Å². The Morgan fingerprint density at radius 1 is 1.67 bits per heavy atom. The maximum Gasteiger partial charge on any atom is 0.357 e. The minimum atomic E-state index is -1.21. The number of aliphatic carboxylic acids is 1. The summed E-state index contributed by atoms with van der Waals surface area (Å²) in [4.78, 5) is 24.1. The van der Waals surface area contributed by atoms with Crippen molar-refractivity contribution in [3.05, 3.63) is 10.8 Å². The number of hydrogen-bond acceptors (Lipinski definition) is 6. The number of nitrogens with zero attached hydrogens (tertiary/aromatic N) is 1. The third kappa shape index (κ3) is 1.86. The molecule has 7 nitrogen and oxygen atoms in total. The summed E-state index contributed by atoms with van der Waals surface area (Å²) in [6, 6.07) is 0. The van der Waals surface area contributed by atoms with E-state index in [2.05, 4.69) is 0 Å². The molecule has 0 aromatic heterocycles. The molecule has 100 valence electrons. The van der Waals surface area contributed by atoms with Gasteiger partial charge in [0.2, 0.25) is 5.91 Å². The molecule has 4 N–H and O–H groups in total. The standard InChI is InChI=1S/C10H14N2O5S/c1-4(13)5-7(14)12-6(9(15)16)10(17-3-2-11)18-8(5)12/h4-5,8,13H,2-3,11H2,1H3,(H,15,16)/t4?,5-,8+/m0/s1. The van der Waals surface area contributed by atoms with Crippen LogP contribution < -0.4 is 5.73 Å². The smallest absolute Gasteiger partial charge is 0.357 e. The third-order valence-corrected chi connectivity index (χ3v) is 4.09. The van der Waals surface area contributed by atoms with Gasteiger partial charge >= 0.3 is 5.97 Å². The highest BCUT2D eigenvalue weighted by atomic mass is 32.2. The number of carbonyl (C=O) groups is 2. The van der Waals surface area contributed by atoms with Crippen LogP contribution in [0.5, 0.6) is 0 Å². The number of β-lactam (4-membered cyclic amide) rings is 1. The molecule has 0 radical (unpaired) electrons. The topological polar surface area (TPSA) is 113 Å². The van der Waals surface area contributed by atoms with Gasteiger partial charge in [0.05, 0.1) is 12.0 Å². The molecule has 0 spiro atoms. The fraction of sp³-hybridized carbons (Fsp3) is 0.600. The lowest BCUT2D eigenvalue weighted by Crippen LogP contribution is -2.60. The van der Waals surface area contributed by atoms with Crippen LogP contribution in [0.4, 0.5) is 0 Å². The average Bonchev–Trinajstić information content (AvgIpc) is 2.60. The predicted molar refractivity (Wildman–Crippen MR) is 63.1 cm³/mol. The Morgan fingerprint density at radius 3 is 2.83 bits per heavy atom. The molecule has 1 unspecified atom stereocenters. The maximum atomic E-state index is 11.8. The summed E-state index contributed by atoms with van der Waals surface area (Å²) >= 11 is 1.14. The van der Waals surface area contributed by atoms with Crippen LogP contribution >= 0.6 is 11.8 Å². The van der Waals surface area contributed by atoms with E-state index in [0.717, 1.165) is 16.7 Å². The van der Waals surface area contributed by atoms with Crippen LogP contribution in [-0.2, 0) is 14.3 Å². The minimum absolute atomic E-state index is 0.152. The molecule has 1 amide bonds. The van der Waals surface area contributed by atoms with Gasteiger partial charge in [-0.25, -0.2) is 4.79 Å². The van der Waals surface area contributed by atoms with E-state index in [-0.39, 0.29) is 29.8 Å². The first kappa shape index (κ1) is 13.2.